The number of aromatic nitrogens is 3. The molecule has 0 unspecified atom stereocenters. The predicted octanol–water partition coefficient (Wildman–Crippen LogP) is 3.74. The largest absolute Gasteiger partial charge is 0.454 e. The van der Waals surface area contributed by atoms with Gasteiger partial charge in [0.15, 0.2) is 23.1 Å². The molecule has 3 heterocycles. The summed E-state index contributed by atoms with van der Waals surface area (Å²) in [6, 6.07) is 15.3. The highest BCUT2D eigenvalue weighted by Gasteiger charge is 2.15. The van der Waals surface area contributed by atoms with Gasteiger partial charge in [0, 0.05) is 18.1 Å². The van der Waals surface area contributed by atoms with E-state index in [0.29, 0.717) is 23.8 Å². The Morgan fingerprint density at radius 1 is 1.00 bits per heavy atom. The molecule has 29 heavy (non-hydrogen) atoms. The summed E-state index contributed by atoms with van der Waals surface area (Å²) in [4.78, 5) is 12.8. The van der Waals surface area contributed by atoms with Crippen molar-refractivity contribution in [1.29, 1.82) is 0 Å². The van der Waals surface area contributed by atoms with Gasteiger partial charge in [0.1, 0.15) is 17.5 Å². The van der Waals surface area contributed by atoms with Crippen molar-refractivity contribution in [3.05, 3.63) is 66.6 Å². The number of para-hydroxylation sites is 1. The van der Waals surface area contributed by atoms with E-state index in [-0.39, 0.29) is 12.7 Å². The van der Waals surface area contributed by atoms with Crippen LogP contribution >= 0.6 is 0 Å². The maximum atomic E-state index is 6.25. The summed E-state index contributed by atoms with van der Waals surface area (Å²) in [7, 11) is 0. The second-order valence-corrected chi connectivity index (χ2v) is 6.42. The zero-order valence-electron chi connectivity index (χ0n) is 15.3. The average molecular weight is 387 g/mol. The lowest BCUT2D eigenvalue weighted by Gasteiger charge is -2.13. The Morgan fingerprint density at radius 2 is 1.90 bits per heavy atom. The Labute approximate surface area is 166 Å². The van der Waals surface area contributed by atoms with E-state index in [4.69, 9.17) is 19.9 Å². The molecule has 0 spiro atoms. The van der Waals surface area contributed by atoms with E-state index >= 15 is 0 Å². The van der Waals surface area contributed by atoms with Crippen LogP contribution in [0.25, 0.3) is 10.9 Å². The zero-order valence-corrected chi connectivity index (χ0v) is 15.3. The third kappa shape index (κ3) is 3.31. The normalized spacial score (nSPS) is 12.1. The zero-order chi connectivity index (χ0) is 19.6. The van der Waals surface area contributed by atoms with Gasteiger partial charge >= 0.3 is 0 Å². The van der Waals surface area contributed by atoms with Crippen molar-refractivity contribution in [2.75, 3.05) is 17.8 Å². The van der Waals surface area contributed by atoms with Gasteiger partial charge in [0.2, 0.25) is 12.7 Å². The van der Waals surface area contributed by atoms with E-state index in [2.05, 4.69) is 20.3 Å². The molecule has 2 aromatic heterocycles. The van der Waals surface area contributed by atoms with Crippen LogP contribution in [0.3, 0.4) is 0 Å². The smallest absolute Gasteiger partial charge is 0.248 e. The monoisotopic (exact) mass is 387 g/mol. The van der Waals surface area contributed by atoms with Crippen molar-refractivity contribution >= 4 is 22.4 Å². The first-order chi connectivity index (χ1) is 14.3. The standard InChI is InChI=1S/C21H17N5O3/c22-18-20(24-10-13-6-7-15-17(9-13)28-12-27-15)25-11-26-21(18)29-16-5-1-3-14-4-2-8-23-19(14)16/h1-9,11H,10,12,22H2,(H,24,25,26). The fraction of sp³-hybridized carbons (Fsp3) is 0.0952. The lowest BCUT2D eigenvalue weighted by molar-refractivity contribution is 0.174. The van der Waals surface area contributed by atoms with Crippen molar-refractivity contribution in [3.8, 4) is 23.1 Å². The van der Waals surface area contributed by atoms with E-state index < -0.39 is 0 Å². The number of pyridine rings is 1. The van der Waals surface area contributed by atoms with E-state index in [1.54, 1.807) is 6.20 Å². The van der Waals surface area contributed by atoms with Gasteiger partial charge < -0.3 is 25.3 Å². The Hall–Kier alpha value is -4.07. The summed E-state index contributed by atoms with van der Waals surface area (Å²) in [6.07, 6.45) is 3.13. The van der Waals surface area contributed by atoms with Crippen LogP contribution in [0.1, 0.15) is 5.56 Å². The molecule has 0 radical (unpaired) electrons. The van der Waals surface area contributed by atoms with Gasteiger partial charge in [0.05, 0.1) is 0 Å². The SMILES string of the molecule is Nc1c(NCc2ccc3c(c2)OCO3)ncnc1Oc1cccc2cccnc12. The van der Waals surface area contributed by atoms with E-state index in [1.807, 2.05) is 48.5 Å². The molecule has 1 aliphatic heterocycles. The molecule has 0 atom stereocenters. The molecular formula is C21H17N5O3. The fourth-order valence-corrected chi connectivity index (χ4v) is 3.10. The Morgan fingerprint density at radius 3 is 2.86 bits per heavy atom. The number of nitrogens with two attached hydrogens (primary N) is 1. The molecule has 144 valence electrons. The number of nitrogens with zero attached hydrogens (tertiary/aromatic N) is 3. The molecule has 5 rings (SSSR count). The number of hydrogen-bond acceptors (Lipinski definition) is 8. The topological polar surface area (TPSA) is 104 Å². The number of anilines is 2. The minimum Gasteiger partial charge on any atom is -0.454 e. The van der Waals surface area contributed by atoms with Crippen LogP contribution in [0.2, 0.25) is 0 Å². The molecule has 0 aliphatic carbocycles. The van der Waals surface area contributed by atoms with Gasteiger partial charge in [-0.3, -0.25) is 4.98 Å². The van der Waals surface area contributed by atoms with Crippen molar-refractivity contribution in [2.24, 2.45) is 0 Å². The summed E-state index contributed by atoms with van der Waals surface area (Å²) >= 11 is 0. The molecule has 0 saturated carbocycles. The lowest BCUT2D eigenvalue weighted by atomic mass is 10.2. The van der Waals surface area contributed by atoms with Crippen molar-refractivity contribution < 1.29 is 14.2 Å². The minimum absolute atomic E-state index is 0.245. The molecule has 3 N–H and O–H groups in total. The molecular weight excluding hydrogens is 370 g/mol. The van der Waals surface area contributed by atoms with Crippen LogP contribution in [0.15, 0.2) is 61.1 Å². The van der Waals surface area contributed by atoms with Crippen molar-refractivity contribution in [1.82, 2.24) is 15.0 Å². The number of rotatable bonds is 5. The quantitative estimate of drug-likeness (QED) is 0.534. The van der Waals surface area contributed by atoms with Crippen LogP contribution < -0.4 is 25.3 Å². The number of ether oxygens (including phenoxy) is 3. The van der Waals surface area contributed by atoms with Crippen LogP contribution in [0, 0.1) is 0 Å². The number of nitrogen functional groups attached to an aromatic ring is 1. The van der Waals surface area contributed by atoms with Crippen LogP contribution in [0.4, 0.5) is 11.5 Å². The summed E-state index contributed by atoms with van der Waals surface area (Å²) < 4.78 is 16.7. The number of benzene rings is 2. The summed E-state index contributed by atoms with van der Waals surface area (Å²) in [6.45, 7) is 0.752. The molecule has 8 nitrogen and oxygen atoms in total. The first kappa shape index (κ1) is 17.1. The van der Waals surface area contributed by atoms with Crippen LogP contribution in [-0.2, 0) is 6.54 Å². The van der Waals surface area contributed by atoms with Gasteiger partial charge in [-0.15, -0.1) is 0 Å². The second kappa shape index (κ2) is 7.16. The molecule has 0 amide bonds. The average Bonchev–Trinajstić information content (AvgIpc) is 3.22. The summed E-state index contributed by atoms with van der Waals surface area (Å²) in [5.74, 6) is 2.81. The second-order valence-electron chi connectivity index (χ2n) is 6.42. The van der Waals surface area contributed by atoms with Gasteiger partial charge in [-0.2, -0.15) is 4.98 Å². The van der Waals surface area contributed by atoms with Crippen LogP contribution in [-0.4, -0.2) is 21.7 Å². The lowest BCUT2D eigenvalue weighted by Crippen LogP contribution is -2.07. The fourth-order valence-electron chi connectivity index (χ4n) is 3.10. The molecule has 8 heteroatoms. The highest BCUT2D eigenvalue weighted by molar-refractivity contribution is 5.84. The maximum absolute atomic E-state index is 6.25. The van der Waals surface area contributed by atoms with E-state index in [1.165, 1.54) is 6.33 Å². The first-order valence-corrected chi connectivity index (χ1v) is 9.02. The predicted molar refractivity (Wildman–Crippen MR) is 108 cm³/mol. The van der Waals surface area contributed by atoms with Crippen LogP contribution in [0.5, 0.6) is 23.1 Å². The first-order valence-electron chi connectivity index (χ1n) is 9.02. The maximum Gasteiger partial charge on any atom is 0.248 e. The van der Waals surface area contributed by atoms with Gasteiger partial charge in [-0.1, -0.05) is 24.3 Å². The Kier molecular flexibility index (Phi) is 4.21. The molecule has 0 fully saturated rings. The molecule has 4 aromatic rings. The molecule has 0 bridgehead atoms. The molecule has 1 aliphatic rings. The Balaban J connectivity index is 1.37. The summed E-state index contributed by atoms with van der Waals surface area (Å²) in [5.41, 5.74) is 8.32. The van der Waals surface area contributed by atoms with E-state index in [9.17, 15) is 0 Å². The highest BCUT2D eigenvalue weighted by Crippen LogP contribution is 2.34. The third-order valence-corrected chi connectivity index (χ3v) is 4.55. The Bertz CT molecular complexity index is 1190. The van der Waals surface area contributed by atoms with Crippen molar-refractivity contribution in [2.45, 2.75) is 6.54 Å². The highest BCUT2D eigenvalue weighted by atomic mass is 16.7. The molecule has 0 saturated heterocycles. The number of fused-ring (bicyclic) bond motifs is 2. The molecule has 2 aromatic carbocycles. The third-order valence-electron chi connectivity index (χ3n) is 4.55. The number of hydrogen-bond donors (Lipinski definition) is 2. The van der Waals surface area contributed by atoms with Gasteiger partial charge in [-0.25, -0.2) is 4.98 Å². The van der Waals surface area contributed by atoms with Gasteiger partial charge in [-0.05, 0) is 29.8 Å². The number of nitrogens with one attached hydrogen (secondary N) is 1. The van der Waals surface area contributed by atoms with Gasteiger partial charge in [0.25, 0.3) is 0 Å². The van der Waals surface area contributed by atoms with E-state index in [0.717, 1.165) is 28.0 Å². The van der Waals surface area contributed by atoms with Crippen molar-refractivity contribution in [3.63, 3.8) is 0 Å². The summed E-state index contributed by atoms with van der Waals surface area (Å²) in [5, 5.41) is 4.19. The minimum atomic E-state index is 0.245.